The van der Waals surface area contributed by atoms with E-state index in [9.17, 15) is 9.59 Å². The summed E-state index contributed by atoms with van der Waals surface area (Å²) in [4.78, 5) is 34.8. The maximum absolute atomic E-state index is 12.9. The number of rotatable bonds is 3. The van der Waals surface area contributed by atoms with E-state index in [1.807, 2.05) is 17.0 Å². The van der Waals surface area contributed by atoms with E-state index in [0.29, 0.717) is 23.9 Å². The Morgan fingerprint density at radius 3 is 2.59 bits per heavy atom. The predicted molar refractivity (Wildman–Crippen MR) is 112 cm³/mol. The van der Waals surface area contributed by atoms with Gasteiger partial charge in [-0.15, -0.1) is 0 Å². The van der Waals surface area contributed by atoms with Gasteiger partial charge in [-0.2, -0.15) is 0 Å². The monoisotopic (exact) mass is 393 g/mol. The van der Waals surface area contributed by atoms with Crippen LogP contribution < -0.4 is 10.6 Å². The van der Waals surface area contributed by atoms with Crippen molar-refractivity contribution in [1.82, 2.24) is 14.8 Å². The zero-order valence-corrected chi connectivity index (χ0v) is 17.1. The molecule has 152 valence electrons. The van der Waals surface area contributed by atoms with Gasteiger partial charge in [-0.1, -0.05) is 24.3 Å². The number of likely N-dealkylation sites (tertiary alicyclic amines) is 1. The van der Waals surface area contributed by atoms with Gasteiger partial charge in [-0.3, -0.25) is 4.79 Å². The first-order valence-electron chi connectivity index (χ1n) is 9.91. The Bertz CT molecular complexity index is 944. The van der Waals surface area contributed by atoms with Gasteiger partial charge >= 0.3 is 6.03 Å². The number of primary amides is 1. The summed E-state index contributed by atoms with van der Waals surface area (Å²) in [6.07, 6.45) is 1.63. The van der Waals surface area contributed by atoms with Crippen molar-refractivity contribution in [3.05, 3.63) is 59.3 Å². The number of fused-ring (bicyclic) bond motifs is 1. The van der Waals surface area contributed by atoms with Gasteiger partial charge in [0.1, 0.15) is 5.82 Å². The number of aryl methyl sites for hydroxylation is 1. The van der Waals surface area contributed by atoms with Crippen molar-refractivity contribution in [2.75, 3.05) is 38.6 Å². The molecule has 7 nitrogen and oxygen atoms in total. The van der Waals surface area contributed by atoms with Crippen LogP contribution in [0.3, 0.4) is 0 Å². The van der Waals surface area contributed by atoms with Crippen LogP contribution in [0.1, 0.15) is 27.5 Å². The molecule has 1 aromatic carbocycles. The minimum absolute atomic E-state index is 0.0282. The molecule has 1 aromatic heterocycles. The number of aromatic nitrogens is 1. The van der Waals surface area contributed by atoms with Gasteiger partial charge in [0.25, 0.3) is 0 Å². The van der Waals surface area contributed by atoms with Gasteiger partial charge in [0.15, 0.2) is 0 Å². The number of carbonyl (C=O) groups is 2. The standard InChI is InChI=1S/C22H27N5O2/c1-14-6-4-5-7-17(14)20-18-13-26(19-10-15(21(23)28)8-9-24-19)11-16(18)12-27(20)22(29)25(2)3/h4-10,16,18,20H,11-13H2,1-3H3,(H2,23,28)/t16-,18-,20+/m1/s1. The smallest absolute Gasteiger partial charge is 0.320 e. The number of nitrogens with zero attached hydrogens (tertiary/aromatic N) is 4. The van der Waals surface area contributed by atoms with E-state index >= 15 is 0 Å². The first-order valence-corrected chi connectivity index (χ1v) is 9.91. The highest BCUT2D eigenvalue weighted by Gasteiger charge is 2.50. The molecule has 0 saturated carbocycles. The Balaban J connectivity index is 1.66. The Morgan fingerprint density at radius 2 is 1.90 bits per heavy atom. The van der Waals surface area contributed by atoms with Crippen molar-refractivity contribution >= 4 is 17.8 Å². The molecule has 3 atom stereocenters. The van der Waals surface area contributed by atoms with E-state index in [1.54, 1.807) is 37.3 Å². The fraction of sp³-hybridized carbons (Fsp3) is 0.409. The van der Waals surface area contributed by atoms with E-state index < -0.39 is 5.91 Å². The molecule has 2 aliphatic heterocycles. The zero-order chi connectivity index (χ0) is 20.7. The third-order valence-corrected chi connectivity index (χ3v) is 6.15. The average molecular weight is 393 g/mol. The van der Waals surface area contributed by atoms with Crippen molar-refractivity contribution < 1.29 is 9.59 Å². The Morgan fingerprint density at radius 1 is 1.14 bits per heavy atom. The van der Waals surface area contributed by atoms with Crippen molar-refractivity contribution in [3.63, 3.8) is 0 Å². The van der Waals surface area contributed by atoms with Gasteiger partial charge < -0.3 is 20.4 Å². The first-order chi connectivity index (χ1) is 13.9. The highest BCUT2D eigenvalue weighted by Crippen LogP contribution is 2.46. The molecule has 0 bridgehead atoms. The molecule has 2 saturated heterocycles. The topological polar surface area (TPSA) is 82.8 Å². The van der Waals surface area contributed by atoms with Crippen LogP contribution >= 0.6 is 0 Å². The van der Waals surface area contributed by atoms with Crippen LogP contribution in [0.25, 0.3) is 0 Å². The fourth-order valence-electron chi connectivity index (χ4n) is 4.75. The number of urea groups is 1. The van der Waals surface area contributed by atoms with Crippen molar-refractivity contribution in [3.8, 4) is 0 Å². The maximum Gasteiger partial charge on any atom is 0.320 e. The van der Waals surface area contributed by atoms with E-state index in [4.69, 9.17) is 5.73 Å². The molecule has 4 rings (SSSR count). The number of carbonyl (C=O) groups excluding carboxylic acids is 2. The highest BCUT2D eigenvalue weighted by molar-refractivity contribution is 5.93. The normalized spacial score (nSPS) is 23.2. The van der Waals surface area contributed by atoms with Crippen molar-refractivity contribution in [1.29, 1.82) is 0 Å². The van der Waals surface area contributed by atoms with Crippen LogP contribution in [0, 0.1) is 18.8 Å². The Kier molecular flexibility index (Phi) is 4.90. The third kappa shape index (κ3) is 3.41. The van der Waals surface area contributed by atoms with Gasteiger partial charge in [0, 0.05) is 57.3 Å². The lowest BCUT2D eigenvalue weighted by atomic mass is 9.88. The highest BCUT2D eigenvalue weighted by atomic mass is 16.2. The third-order valence-electron chi connectivity index (χ3n) is 6.15. The molecule has 29 heavy (non-hydrogen) atoms. The van der Waals surface area contributed by atoms with Crippen LogP contribution in [-0.4, -0.2) is 60.5 Å². The van der Waals surface area contributed by atoms with Crippen LogP contribution in [0.4, 0.5) is 10.6 Å². The summed E-state index contributed by atoms with van der Waals surface area (Å²) in [6.45, 7) is 4.41. The second-order valence-corrected chi connectivity index (χ2v) is 8.23. The minimum Gasteiger partial charge on any atom is -0.366 e. The van der Waals surface area contributed by atoms with E-state index in [2.05, 4.69) is 28.9 Å². The Hall–Kier alpha value is -3.09. The van der Waals surface area contributed by atoms with E-state index in [-0.39, 0.29) is 12.1 Å². The van der Waals surface area contributed by atoms with Gasteiger partial charge in [0.2, 0.25) is 5.91 Å². The molecular formula is C22H27N5O2. The maximum atomic E-state index is 12.9. The summed E-state index contributed by atoms with van der Waals surface area (Å²) in [6, 6.07) is 11.8. The van der Waals surface area contributed by atoms with Crippen molar-refractivity contribution in [2.45, 2.75) is 13.0 Å². The van der Waals surface area contributed by atoms with E-state index in [1.165, 1.54) is 11.1 Å². The number of nitrogens with two attached hydrogens (primary N) is 1. The summed E-state index contributed by atoms with van der Waals surface area (Å²) >= 11 is 0. The number of pyridine rings is 1. The largest absolute Gasteiger partial charge is 0.366 e. The molecular weight excluding hydrogens is 366 g/mol. The number of hydrogen-bond donors (Lipinski definition) is 1. The molecule has 3 heterocycles. The number of amides is 3. The summed E-state index contributed by atoms with van der Waals surface area (Å²) in [5.74, 6) is 0.972. The van der Waals surface area contributed by atoms with Crippen LogP contribution in [0.15, 0.2) is 42.6 Å². The zero-order valence-electron chi connectivity index (χ0n) is 17.1. The molecule has 2 aliphatic rings. The van der Waals surface area contributed by atoms with Gasteiger partial charge in [-0.25, -0.2) is 9.78 Å². The molecule has 0 spiro atoms. The van der Waals surface area contributed by atoms with Crippen molar-refractivity contribution in [2.24, 2.45) is 17.6 Å². The minimum atomic E-state index is -0.450. The number of hydrogen-bond acceptors (Lipinski definition) is 4. The lowest BCUT2D eigenvalue weighted by Gasteiger charge is -2.32. The van der Waals surface area contributed by atoms with Crippen LogP contribution in [-0.2, 0) is 0 Å². The predicted octanol–water partition coefficient (Wildman–Crippen LogP) is 2.28. The summed E-state index contributed by atoms with van der Waals surface area (Å²) < 4.78 is 0. The van der Waals surface area contributed by atoms with E-state index in [0.717, 1.165) is 18.9 Å². The summed E-state index contributed by atoms with van der Waals surface area (Å²) in [7, 11) is 3.60. The lowest BCUT2D eigenvalue weighted by Crippen LogP contribution is -2.41. The summed E-state index contributed by atoms with van der Waals surface area (Å²) in [5, 5.41) is 0. The molecule has 0 unspecified atom stereocenters. The van der Waals surface area contributed by atoms with Crippen LogP contribution in [0.5, 0.6) is 0 Å². The molecule has 0 aliphatic carbocycles. The second-order valence-electron chi connectivity index (χ2n) is 8.23. The molecule has 2 fully saturated rings. The number of anilines is 1. The van der Waals surface area contributed by atoms with Gasteiger partial charge in [-0.05, 0) is 30.2 Å². The molecule has 3 amide bonds. The molecule has 2 N–H and O–H groups in total. The summed E-state index contributed by atoms with van der Waals surface area (Å²) in [5.41, 5.74) is 8.30. The fourth-order valence-corrected chi connectivity index (χ4v) is 4.75. The molecule has 2 aromatic rings. The lowest BCUT2D eigenvalue weighted by molar-refractivity contribution is 0.1000. The van der Waals surface area contributed by atoms with Crippen LogP contribution in [0.2, 0.25) is 0 Å². The second kappa shape index (κ2) is 7.39. The first kappa shape index (κ1) is 19.2. The SMILES string of the molecule is Cc1ccccc1[C@H]1[C@@H]2CN(c3cc(C(N)=O)ccn3)C[C@@H]2CN1C(=O)N(C)C. The molecule has 7 heteroatoms. The molecule has 0 radical (unpaired) electrons. The number of benzene rings is 1. The Labute approximate surface area is 171 Å². The average Bonchev–Trinajstić information content (AvgIpc) is 3.26. The van der Waals surface area contributed by atoms with Gasteiger partial charge in [0.05, 0.1) is 6.04 Å². The quantitative estimate of drug-likeness (QED) is 0.867.